The van der Waals surface area contributed by atoms with Gasteiger partial charge in [0.05, 0.1) is 27.0 Å². The topological polar surface area (TPSA) is 52.0 Å². The lowest BCUT2D eigenvalue weighted by atomic mass is 9.96. The molecule has 6 heteroatoms. The molecular weight excluding hydrogens is 352 g/mol. The zero-order valence-corrected chi connectivity index (χ0v) is 16.0. The molecule has 1 fully saturated rings. The summed E-state index contributed by atoms with van der Waals surface area (Å²) in [4.78, 5) is 7.15. The number of aromatic nitrogens is 1. The third-order valence-corrected chi connectivity index (χ3v) is 6.05. The lowest BCUT2D eigenvalue weighted by Crippen LogP contribution is -2.35. The molecule has 1 aromatic heterocycles. The highest BCUT2D eigenvalue weighted by atomic mass is 35.5. The third-order valence-electron chi connectivity index (χ3n) is 4.70. The van der Waals surface area contributed by atoms with Crippen molar-refractivity contribution in [2.24, 2.45) is 5.92 Å². The Morgan fingerprint density at radius 3 is 2.88 bits per heavy atom. The summed E-state index contributed by atoms with van der Waals surface area (Å²) in [5.41, 5.74) is 2.58. The van der Waals surface area contributed by atoms with E-state index in [1.165, 1.54) is 10.7 Å². The first-order valence-electron chi connectivity index (χ1n) is 8.77. The Hall–Kier alpha value is -1.61. The number of nitriles is 1. The largest absolute Gasteiger partial charge is 0.382 e. The van der Waals surface area contributed by atoms with Crippen LogP contribution in [0.2, 0.25) is 5.02 Å². The number of benzene rings is 1. The van der Waals surface area contributed by atoms with Crippen LogP contribution in [0.4, 0.5) is 5.69 Å². The Balaban J connectivity index is 1.47. The van der Waals surface area contributed by atoms with Gasteiger partial charge in [-0.1, -0.05) is 24.6 Å². The molecule has 1 N–H and O–H groups in total. The van der Waals surface area contributed by atoms with Gasteiger partial charge < -0.3 is 5.32 Å². The zero-order chi connectivity index (χ0) is 17.6. The summed E-state index contributed by atoms with van der Waals surface area (Å²) in [6, 6.07) is 7.64. The summed E-state index contributed by atoms with van der Waals surface area (Å²) in [7, 11) is 0. The SMILES string of the molecule is CCc1nc(CN2CCC(CNc3c(Cl)cccc3C#N)CC2)cs1. The second kappa shape index (κ2) is 8.66. The van der Waals surface area contributed by atoms with E-state index in [0.717, 1.165) is 51.1 Å². The number of rotatable bonds is 6. The molecule has 1 aliphatic heterocycles. The predicted molar refractivity (Wildman–Crippen MR) is 104 cm³/mol. The smallest absolute Gasteiger partial charge is 0.101 e. The van der Waals surface area contributed by atoms with E-state index < -0.39 is 0 Å². The molecule has 1 saturated heterocycles. The summed E-state index contributed by atoms with van der Waals surface area (Å²) in [6.07, 6.45) is 3.33. The van der Waals surface area contributed by atoms with Crippen molar-refractivity contribution >= 4 is 28.6 Å². The average molecular weight is 375 g/mol. The summed E-state index contributed by atoms with van der Waals surface area (Å²) < 4.78 is 0. The van der Waals surface area contributed by atoms with Crippen molar-refractivity contribution in [1.29, 1.82) is 5.26 Å². The molecule has 0 bridgehead atoms. The average Bonchev–Trinajstić information content (AvgIpc) is 3.09. The predicted octanol–water partition coefficient (Wildman–Crippen LogP) is 4.55. The van der Waals surface area contributed by atoms with Gasteiger partial charge in [-0.3, -0.25) is 4.90 Å². The zero-order valence-electron chi connectivity index (χ0n) is 14.5. The normalized spacial score (nSPS) is 15.9. The van der Waals surface area contributed by atoms with Crippen molar-refractivity contribution in [3.8, 4) is 6.07 Å². The van der Waals surface area contributed by atoms with Crippen molar-refractivity contribution in [2.45, 2.75) is 32.7 Å². The fraction of sp³-hybridized carbons (Fsp3) is 0.474. The molecular formula is C19H23ClN4S. The first kappa shape index (κ1) is 18.2. The van der Waals surface area contributed by atoms with Crippen LogP contribution in [0.1, 0.15) is 36.0 Å². The lowest BCUT2D eigenvalue weighted by Gasteiger charge is -2.31. The Kier molecular flexibility index (Phi) is 6.30. The van der Waals surface area contributed by atoms with Gasteiger partial charge in [0.25, 0.3) is 0 Å². The van der Waals surface area contributed by atoms with Crippen LogP contribution in [-0.4, -0.2) is 29.5 Å². The number of thiazole rings is 1. The highest BCUT2D eigenvalue weighted by molar-refractivity contribution is 7.09. The highest BCUT2D eigenvalue weighted by Crippen LogP contribution is 2.27. The number of likely N-dealkylation sites (tertiary alicyclic amines) is 1. The van der Waals surface area contributed by atoms with Gasteiger partial charge in [0.2, 0.25) is 0 Å². The standard InChI is InChI=1S/C19H23ClN4S/c1-2-18-23-16(13-25-18)12-24-8-6-14(7-9-24)11-22-19-15(10-21)4-3-5-17(19)20/h3-5,13-14,22H,2,6-9,11-12H2,1H3. The van der Waals surface area contributed by atoms with Gasteiger partial charge in [0, 0.05) is 18.5 Å². The van der Waals surface area contributed by atoms with Crippen LogP contribution in [0.15, 0.2) is 23.6 Å². The van der Waals surface area contributed by atoms with Crippen LogP contribution >= 0.6 is 22.9 Å². The number of para-hydroxylation sites is 1. The van der Waals surface area contributed by atoms with Gasteiger partial charge in [-0.05, 0) is 50.4 Å². The molecule has 4 nitrogen and oxygen atoms in total. The van der Waals surface area contributed by atoms with Crippen LogP contribution in [0.3, 0.4) is 0 Å². The Labute approximate surface area is 158 Å². The number of anilines is 1. The minimum atomic E-state index is 0.611. The molecule has 0 unspecified atom stereocenters. The van der Waals surface area contributed by atoms with E-state index in [-0.39, 0.29) is 0 Å². The Bertz CT molecular complexity index is 744. The maximum absolute atomic E-state index is 9.21. The summed E-state index contributed by atoms with van der Waals surface area (Å²) in [5.74, 6) is 0.612. The van der Waals surface area contributed by atoms with E-state index in [2.05, 4.69) is 33.6 Å². The highest BCUT2D eigenvalue weighted by Gasteiger charge is 2.20. The molecule has 0 aliphatic carbocycles. The van der Waals surface area contributed by atoms with Crippen LogP contribution in [-0.2, 0) is 13.0 Å². The fourth-order valence-electron chi connectivity index (χ4n) is 3.21. The fourth-order valence-corrected chi connectivity index (χ4v) is 4.18. The second-order valence-electron chi connectivity index (χ2n) is 6.46. The number of hydrogen-bond acceptors (Lipinski definition) is 5. The van der Waals surface area contributed by atoms with Gasteiger partial charge in [-0.15, -0.1) is 11.3 Å². The molecule has 25 heavy (non-hydrogen) atoms. The number of aryl methyl sites for hydroxylation is 1. The summed E-state index contributed by atoms with van der Waals surface area (Å²) >= 11 is 7.99. The first-order chi connectivity index (χ1) is 12.2. The van der Waals surface area contributed by atoms with Crippen LogP contribution < -0.4 is 5.32 Å². The Morgan fingerprint density at radius 1 is 1.40 bits per heavy atom. The molecule has 0 saturated carbocycles. The summed E-state index contributed by atoms with van der Waals surface area (Å²) in [6.45, 7) is 6.17. The van der Waals surface area contributed by atoms with Crippen molar-refractivity contribution in [3.05, 3.63) is 44.9 Å². The maximum Gasteiger partial charge on any atom is 0.101 e. The molecule has 1 aliphatic rings. The molecule has 1 aromatic carbocycles. The number of hydrogen-bond donors (Lipinski definition) is 1. The van der Waals surface area contributed by atoms with Crippen molar-refractivity contribution in [1.82, 2.24) is 9.88 Å². The van der Waals surface area contributed by atoms with Gasteiger partial charge in [0.15, 0.2) is 0 Å². The molecule has 0 spiro atoms. The first-order valence-corrected chi connectivity index (χ1v) is 10.0. The van der Waals surface area contributed by atoms with Crippen molar-refractivity contribution in [3.63, 3.8) is 0 Å². The number of nitrogens with zero attached hydrogens (tertiary/aromatic N) is 3. The van der Waals surface area contributed by atoms with E-state index in [9.17, 15) is 5.26 Å². The molecule has 2 heterocycles. The van der Waals surface area contributed by atoms with Gasteiger partial charge >= 0.3 is 0 Å². The molecule has 132 valence electrons. The van der Waals surface area contributed by atoms with E-state index in [1.54, 1.807) is 17.4 Å². The van der Waals surface area contributed by atoms with Crippen LogP contribution in [0, 0.1) is 17.2 Å². The van der Waals surface area contributed by atoms with Crippen molar-refractivity contribution < 1.29 is 0 Å². The molecule has 2 aromatic rings. The monoisotopic (exact) mass is 374 g/mol. The Morgan fingerprint density at radius 2 is 2.20 bits per heavy atom. The lowest BCUT2D eigenvalue weighted by molar-refractivity contribution is 0.181. The van der Waals surface area contributed by atoms with E-state index in [1.807, 2.05) is 12.1 Å². The van der Waals surface area contributed by atoms with Crippen LogP contribution in [0.5, 0.6) is 0 Å². The summed E-state index contributed by atoms with van der Waals surface area (Å²) in [5, 5.41) is 16.6. The van der Waals surface area contributed by atoms with E-state index >= 15 is 0 Å². The van der Waals surface area contributed by atoms with Gasteiger partial charge in [-0.2, -0.15) is 5.26 Å². The minimum Gasteiger partial charge on any atom is -0.382 e. The van der Waals surface area contributed by atoms with E-state index in [4.69, 9.17) is 11.6 Å². The molecule has 0 atom stereocenters. The quantitative estimate of drug-likeness (QED) is 0.805. The van der Waals surface area contributed by atoms with Gasteiger partial charge in [-0.25, -0.2) is 4.98 Å². The maximum atomic E-state index is 9.21. The molecule has 0 radical (unpaired) electrons. The second-order valence-corrected chi connectivity index (χ2v) is 7.81. The number of piperidine rings is 1. The minimum absolute atomic E-state index is 0.611. The third kappa shape index (κ3) is 4.72. The number of halogens is 1. The van der Waals surface area contributed by atoms with E-state index in [0.29, 0.717) is 16.5 Å². The van der Waals surface area contributed by atoms with Gasteiger partial charge in [0.1, 0.15) is 6.07 Å². The molecule has 3 rings (SSSR count). The number of nitrogens with one attached hydrogen (secondary N) is 1. The van der Waals surface area contributed by atoms with Crippen LogP contribution in [0.25, 0.3) is 0 Å². The molecule has 0 amide bonds. The van der Waals surface area contributed by atoms with Crippen molar-refractivity contribution in [2.75, 3.05) is 25.0 Å².